The van der Waals surface area contributed by atoms with E-state index in [1.165, 1.54) is 6.92 Å². The number of hydrogen-bond acceptors (Lipinski definition) is 2. The maximum Gasteiger partial charge on any atom is 0.309 e. The zero-order valence-electron chi connectivity index (χ0n) is 6.59. The molecule has 0 aromatic rings. The van der Waals surface area contributed by atoms with Gasteiger partial charge in [0.25, 0.3) is 0 Å². The largest absolute Gasteiger partial charge is 0.481 e. The van der Waals surface area contributed by atoms with Crippen LogP contribution in [-0.4, -0.2) is 16.9 Å². The molecule has 1 N–H and O–H groups in total. The Bertz CT molecular complexity index is 192. The van der Waals surface area contributed by atoms with E-state index in [9.17, 15) is 9.59 Å². The van der Waals surface area contributed by atoms with Gasteiger partial charge < -0.3 is 9.90 Å². The number of ketones is 1. The number of carboxylic acid groups (broad SMARTS) is 1. The minimum Gasteiger partial charge on any atom is -0.481 e. The van der Waals surface area contributed by atoms with Crippen molar-refractivity contribution in [3.05, 3.63) is 0 Å². The van der Waals surface area contributed by atoms with Crippen LogP contribution in [0.1, 0.15) is 32.6 Å². The van der Waals surface area contributed by atoms with Gasteiger partial charge in [-0.1, -0.05) is 0 Å². The number of carbonyl (C=O) groups is 2. The highest BCUT2D eigenvalue weighted by atomic mass is 16.4. The van der Waals surface area contributed by atoms with Crippen LogP contribution in [0.4, 0.5) is 0 Å². The number of aliphatic carboxylic acids is 1. The SMILES string of the molecule is CC(=O)CCC1(C(=O)O)CC1. The summed E-state index contributed by atoms with van der Waals surface area (Å²) in [5, 5.41) is 8.71. The Morgan fingerprint density at radius 2 is 2.00 bits per heavy atom. The molecule has 0 aromatic carbocycles. The van der Waals surface area contributed by atoms with Crippen LogP contribution in [-0.2, 0) is 9.59 Å². The molecule has 0 unspecified atom stereocenters. The molecule has 1 fully saturated rings. The molecule has 0 aromatic heterocycles. The Kier molecular flexibility index (Phi) is 1.98. The molecular formula is C8H12O3. The fourth-order valence-corrected chi connectivity index (χ4v) is 1.14. The van der Waals surface area contributed by atoms with Gasteiger partial charge in [-0.25, -0.2) is 0 Å². The van der Waals surface area contributed by atoms with Crippen LogP contribution in [0, 0.1) is 5.41 Å². The molecule has 0 bridgehead atoms. The first-order valence-electron chi connectivity index (χ1n) is 3.80. The van der Waals surface area contributed by atoms with E-state index >= 15 is 0 Å². The Balaban J connectivity index is 2.36. The van der Waals surface area contributed by atoms with E-state index in [2.05, 4.69) is 0 Å². The highest BCUT2D eigenvalue weighted by Crippen LogP contribution is 2.49. The van der Waals surface area contributed by atoms with Gasteiger partial charge in [0, 0.05) is 6.42 Å². The summed E-state index contributed by atoms with van der Waals surface area (Å²) in [6.07, 6.45) is 2.43. The second-order valence-corrected chi connectivity index (χ2v) is 3.29. The molecule has 1 rings (SSSR count). The van der Waals surface area contributed by atoms with E-state index in [0.717, 1.165) is 12.8 Å². The van der Waals surface area contributed by atoms with Gasteiger partial charge in [0.05, 0.1) is 5.41 Å². The molecule has 0 heterocycles. The standard InChI is InChI=1S/C8H12O3/c1-6(9)2-3-8(4-5-8)7(10)11/h2-5H2,1H3,(H,10,11). The van der Waals surface area contributed by atoms with Crippen molar-refractivity contribution >= 4 is 11.8 Å². The number of carboxylic acids is 1. The summed E-state index contributed by atoms with van der Waals surface area (Å²) in [5.41, 5.74) is -0.522. The number of hydrogen-bond donors (Lipinski definition) is 1. The van der Waals surface area contributed by atoms with Crippen LogP contribution in [0.15, 0.2) is 0 Å². The van der Waals surface area contributed by atoms with Gasteiger partial charge in [-0.2, -0.15) is 0 Å². The third-order valence-corrected chi connectivity index (χ3v) is 2.26. The minimum atomic E-state index is -0.737. The van der Waals surface area contributed by atoms with Crippen LogP contribution in [0.2, 0.25) is 0 Å². The van der Waals surface area contributed by atoms with Gasteiger partial charge in [-0.3, -0.25) is 4.79 Å². The zero-order valence-corrected chi connectivity index (χ0v) is 6.59. The molecule has 1 aliphatic carbocycles. The Morgan fingerprint density at radius 1 is 1.45 bits per heavy atom. The summed E-state index contributed by atoms with van der Waals surface area (Å²) in [6, 6.07) is 0. The molecule has 3 nitrogen and oxygen atoms in total. The van der Waals surface area contributed by atoms with Gasteiger partial charge >= 0.3 is 5.97 Å². The molecule has 62 valence electrons. The predicted octanol–water partition coefficient (Wildman–Crippen LogP) is 1.22. The van der Waals surface area contributed by atoms with Crippen molar-refractivity contribution in [2.45, 2.75) is 32.6 Å². The number of Topliss-reactive ketones (excluding diaryl/α,β-unsaturated/α-hetero) is 1. The van der Waals surface area contributed by atoms with Crippen molar-refractivity contribution in [3.8, 4) is 0 Å². The first-order valence-corrected chi connectivity index (χ1v) is 3.80. The lowest BCUT2D eigenvalue weighted by atomic mass is 9.99. The average molecular weight is 156 g/mol. The maximum atomic E-state index is 10.6. The molecule has 1 aliphatic rings. The van der Waals surface area contributed by atoms with Crippen LogP contribution < -0.4 is 0 Å². The Labute approximate surface area is 65.4 Å². The van der Waals surface area contributed by atoms with E-state index in [4.69, 9.17) is 5.11 Å². The van der Waals surface area contributed by atoms with Crippen molar-refractivity contribution in [2.24, 2.45) is 5.41 Å². The third kappa shape index (κ3) is 1.79. The normalized spacial score (nSPS) is 19.4. The first-order chi connectivity index (χ1) is 5.07. The molecule has 0 amide bonds. The van der Waals surface area contributed by atoms with Crippen molar-refractivity contribution < 1.29 is 14.7 Å². The summed E-state index contributed by atoms with van der Waals surface area (Å²) in [4.78, 5) is 21.1. The summed E-state index contributed by atoms with van der Waals surface area (Å²) in [6.45, 7) is 1.50. The minimum absolute atomic E-state index is 0.0810. The third-order valence-electron chi connectivity index (χ3n) is 2.26. The smallest absolute Gasteiger partial charge is 0.309 e. The van der Waals surface area contributed by atoms with Gasteiger partial charge in [0.15, 0.2) is 0 Å². The lowest BCUT2D eigenvalue weighted by molar-refractivity contribution is -0.143. The quantitative estimate of drug-likeness (QED) is 0.665. The Hall–Kier alpha value is -0.860. The monoisotopic (exact) mass is 156 g/mol. The molecule has 0 aliphatic heterocycles. The summed E-state index contributed by atoms with van der Waals surface area (Å²) < 4.78 is 0. The maximum absolute atomic E-state index is 10.6. The van der Waals surface area contributed by atoms with Crippen molar-refractivity contribution in [1.29, 1.82) is 0 Å². The van der Waals surface area contributed by atoms with E-state index < -0.39 is 11.4 Å². The number of rotatable bonds is 4. The molecule has 0 spiro atoms. The lowest BCUT2D eigenvalue weighted by Crippen LogP contribution is -2.15. The lowest BCUT2D eigenvalue weighted by Gasteiger charge is -2.06. The van der Waals surface area contributed by atoms with Gasteiger partial charge in [0.1, 0.15) is 5.78 Å². The highest BCUT2D eigenvalue weighted by molar-refractivity contribution is 5.80. The van der Waals surface area contributed by atoms with Crippen molar-refractivity contribution in [1.82, 2.24) is 0 Å². The van der Waals surface area contributed by atoms with Crippen LogP contribution in [0.25, 0.3) is 0 Å². The van der Waals surface area contributed by atoms with E-state index in [-0.39, 0.29) is 5.78 Å². The average Bonchev–Trinajstić information content (AvgIpc) is 2.63. The second kappa shape index (κ2) is 2.64. The van der Waals surface area contributed by atoms with E-state index in [1.807, 2.05) is 0 Å². The summed E-state index contributed by atoms with van der Waals surface area (Å²) >= 11 is 0. The molecular weight excluding hydrogens is 144 g/mol. The van der Waals surface area contributed by atoms with Gasteiger partial charge in [0.2, 0.25) is 0 Å². The molecule has 0 atom stereocenters. The summed E-state index contributed by atoms with van der Waals surface area (Å²) in [7, 11) is 0. The van der Waals surface area contributed by atoms with Crippen molar-refractivity contribution in [3.63, 3.8) is 0 Å². The van der Waals surface area contributed by atoms with Crippen LogP contribution >= 0.6 is 0 Å². The van der Waals surface area contributed by atoms with E-state index in [1.54, 1.807) is 0 Å². The fraction of sp³-hybridized carbons (Fsp3) is 0.750. The van der Waals surface area contributed by atoms with Crippen molar-refractivity contribution in [2.75, 3.05) is 0 Å². The molecule has 3 heteroatoms. The number of carbonyl (C=O) groups excluding carboxylic acids is 1. The second-order valence-electron chi connectivity index (χ2n) is 3.29. The van der Waals surface area contributed by atoms with Crippen LogP contribution in [0.5, 0.6) is 0 Å². The zero-order chi connectivity index (χ0) is 8.48. The topological polar surface area (TPSA) is 54.4 Å². The first kappa shape index (κ1) is 8.24. The Morgan fingerprint density at radius 3 is 2.27 bits per heavy atom. The van der Waals surface area contributed by atoms with Gasteiger partial charge in [-0.15, -0.1) is 0 Å². The molecule has 0 saturated heterocycles. The predicted molar refractivity (Wildman–Crippen MR) is 39.2 cm³/mol. The summed E-state index contributed by atoms with van der Waals surface area (Å²) in [5.74, 6) is -0.656. The van der Waals surface area contributed by atoms with Gasteiger partial charge in [-0.05, 0) is 26.2 Å². The molecule has 11 heavy (non-hydrogen) atoms. The fourth-order valence-electron chi connectivity index (χ4n) is 1.14. The van der Waals surface area contributed by atoms with Crippen LogP contribution in [0.3, 0.4) is 0 Å². The molecule has 0 radical (unpaired) electrons. The van der Waals surface area contributed by atoms with E-state index in [0.29, 0.717) is 12.8 Å². The molecule has 1 saturated carbocycles. The highest BCUT2D eigenvalue weighted by Gasteiger charge is 2.49.